The van der Waals surface area contributed by atoms with Crippen LogP contribution in [0.2, 0.25) is 0 Å². The van der Waals surface area contributed by atoms with Crippen molar-refractivity contribution in [1.82, 2.24) is 20.1 Å². The van der Waals surface area contributed by atoms with Crippen molar-refractivity contribution in [2.45, 2.75) is 58.8 Å². The number of aromatic nitrogens is 3. The first-order chi connectivity index (χ1) is 15.5. The number of hydrogen-bond donors (Lipinski definition) is 2. The molecule has 1 aromatic carbocycles. The topological polar surface area (TPSA) is 90.3 Å². The largest absolute Gasteiger partial charge is 0.491 e. The Bertz CT molecular complexity index is 1070. The number of carbonyl (C=O) groups is 1. The fourth-order valence-electron chi connectivity index (χ4n) is 3.91. The molecule has 1 amide bonds. The van der Waals surface area contributed by atoms with E-state index in [2.05, 4.69) is 20.7 Å². The molecule has 1 aliphatic rings. The van der Waals surface area contributed by atoms with Crippen LogP contribution in [-0.2, 0) is 17.8 Å². The quantitative estimate of drug-likeness (QED) is 0.558. The lowest BCUT2D eigenvalue weighted by atomic mass is 10.1. The number of hydrogen-bond acceptors (Lipinski definition) is 6. The molecule has 0 bridgehead atoms. The van der Waals surface area contributed by atoms with Gasteiger partial charge in [-0.3, -0.25) is 4.79 Å². The van der Waals surface area contributed by atoms with Crippen molar-refractivity contribution in [1.29, 1.82) is 0 Å². The van der Waals surface area contributed by atoms with Gasteiger partial charge in [0.25, 0.3) is 5.91 Å². The summed E-state index contributed by atoms with van der Waals surface area (Å²) in [5.41, 5.74) is 3.06. The minimum Gasteiger partial charge on any atom is -0.491 e. The number of carbonyl (C=O) groups excluding carboxylic acids is 1. The second kappa shape index (κ2) is 9.99. The zero-order valence-corrected chi connectivity index (χ0v) is 18.9. The van der Waals surface area contributed by atoms with Crippen LogP contribution in [0.4, 0.5) is 5.69 Å². The summed E-state index contributed by atoms with van der Waals surface area (Å²) in [6.07, 6.45) is 5.33. The van der Waals surface area contributed by atoms with Gasteiger partial charge >= 0.3 is 0 Å². The van der Waals surface area contributed by atoms with E-state index in [1.807, 2.05) is 49.7 Å². The molecule has 1 saturated heterocycles. The number of fused-ring (bicyclic) bond motifs is 1. The van der Waals surface area contributed by atoms with Crippen LogP contribution in [0.1, 0.15) is 49.5 Å². The molecule has 8 nitrogen and oxygen atoms in total. The Kier molecular flexibility index (Phi) is 6.90. The Hall–Kier alpha value is -3.13. The van der Waals surface area contributed by atoms with Crippen molar-refractivity contribution in [3.05, 3.63) is 47.8 Å². The first kappa shape index (κ1) is 22.1. The summed E-state index contributed by atoms with van der Waals surface area (Å²) in [6.45, 7) is 8.56. The van der Waals surface area contributed by atoms with Crippen molar-refractivity contribution < 1.29 is 14.3 Å². The molecule has 4 rings (SSSR count). The zero-order valence-electron chi connectivity index (χ0n) is 18.9. The van der Waals surface area contributed by atoms with E-state index in [0.29, 0.717) is 18.7 Å². The van der Waals surface area contributed by atoms with E-state index in [-0.39, 0.29) is 18.1 Å². The number of pyridine rings is 1. The molecule has 0 aliphatic carbocycles. The molecular formula is C24H31N5O3. The molecule has 1 fully saturated rings. The third-order valence-corrected chi connectivity index (χ3v) is 5.50. The summed E-state index contributed by atoms with van der Waals surface area (Å²) >= 11 is 0. The summed E-state index contributed by atoms with van der Waals surface area (Å²) in [7, 11) is 0. The lowest BCUT2D eigenvalue weighted by Crippen LogP contribution is -2.30. The van der Waals surface area contributed by atoms with Crippen LogP contribution in [0.25, 0.3) is 11.0 Å². The standard InChI is InChI=1S/C24H31N5O3/c1-4-29-23-20(15-27-29)22(28-18-8-10-31-11-9-18)21(14-25-23)24(30)26-13-17-6-5-7-19(12-17)32-16(2)3/h5-7,12,14-16,18H,4,8-11,13H2,1-3H3,(H,25,28)(H,26,30). The molecule has 0 spiro atoms. The van der Waals surface area contributed by atoms with Crippen LogP contribution in [-0.4, -0.2) is 46.0 Å². The van der Waals surface area contributed by atoms with E-state index in [0.717, 1.165) is 54.1 Å². The minimum atomic E-state index is -0.173. The third-order valence-electron chi connectivity index (χ3n) is 5.50. The Morgan fingerprint density at radius 1 is 1.28 bits per heavy atom. The Labute approximate surface area is 188 Å². The van der Waals surface area contributed by atoms with Crippen LogP contribution >= 0.6 is 0 Å². The van der Waals surface area contributed by atoms with Crippen LogP contribution in [0.5, 0.6) is 5.75 Å². The normalized spacial score (nSPS) is 14.6. The zero-order chi connectivity index (χ0) is 22.5. The number of anilines is 1. The van der Waals surface area contributed by atoms with Gasteiger partial charge in [-0.15, -0.1) is 0 Å². The number of nitrogens with zero attached hydrogens (tertiary/aromatic N) is 3. The lowest BCUT2D eigenvalue weighted by Gasteiger charge is -2.25. The molecule has 3 heterocycles. The van der Waals surface area contributed by atoms with Gasteiger partial charge in [-0.1, -0.05) is 12.1 Å². The number of rotatable bonds is 8. The molecule has 0 radical (unpaired) electrons. The highest BCUT2D eigenvalue weighted by atomic mass is 16.5. The molecular weight excluding hydrogens is 406 g/mol. The smallest absolute Gasteiger partial charge is 0.255 e. The van der Waals surface area contributed by atoms with E-state index >= 15 is 0 Å². The first-order valence-electron chi connectivity index (χ1n) is 11.3. The highest BCUT2D eigenvalue weighted by Gasteiger charge is 2.22. The fraction of sp³-hybridized carbons (Fsp3) is 0.458. The van der Waals surface area contributed by atoms with Crippen LogP contribution in [0.15, 0.2) is 36.7 Å². The van der Waals surface area contributed by atoms with Crippen molar-refractivity contribution in [3.8, 4) is 5.75 Å². The summed E-state index contributed by atoms with van der Waals surface area (Å²) in [6, 6.07) is 8.03. The second-order valence-electron chi connectivity index (χ2n) is 8.27. The van der Waals surface area contributed by atoms with Gasteiger partial charge in [0, 0.05) is 38.5 Å². The fourth-order valence-corrected chi connectivity index (χ4v) is 3.91. The summed E-state index contributed by atoms with van der Waals surface area (Å²) in [4.78, 5) is 17.7. The van der Waals surface area contributed by atoms with Crippen molar-refractivity contribution in [2.24, 2.45) is 0 Å². The Morgan fingerprint density at radius 3 is 2.84 bits per heavy atom. The summed E-state index contributed by atoms with van der Waals surface area (Å²) < 4.78 is 13.1. The van der Waals surface area contributed by atoms with E-state index in [4.69, 9.17) is 9.47 Å². The minimum absolute atomic E-state index is 0.0977. The van der Waals surface area contributed by atoms with Gasteiger partial charge in [0.05, 0.1) is 28.9 Å². The van der Waals surface area contributed by atoms with Crippen LogP contribution in [0, 0.1) is 0 Å². The molecule has 0 unspecified atom stereocenters. The maximum atomic E-state index is 13.2. The molecule has 8 heteroatoms. The average molecular weight is 438 g/mol. The second-order valence-corrected chi connectivity index (χ2v) is 8.27. The Morgan fingerprint density at radius 2 is 2.09 bits per heavy atom. The van der Waals surface area contributed by atoms with Gasteiger partial charge < -0.3 is 20.1 Å². The highest BCUT2D eigenvalue weighted by molar-refractivity contribution is 6.06. The van der Waals surface area contributed by atoms with Gasteiger partial charge in [0.15, 0.2) is 5.65 Å². The third kappa shape index (κ3) is 5.02. The number of aryl methyl sites for hydroxylation is 1. The monoisotopic (exact) mass is 437 g/mol. The van der Waals surface area contributed by atoms with Gasteiger partial charge in [-0.2, -0.15) is 5.10 Å². The number of benzene rings is 1. The molecule has 2 aromatic heterocycles. The molecule has 32 heavy (non-hydrogen) atoms. The summed E-state index contributed by atoms with van der Waals surface area (Å²) in [5, 5.41) is 11.9. The Balaban J connectivity index is 1.57. The number of nitrogens with one attached hydrogen (secondary N) is 2. The van der Waals surface area contributed by atoms with Crippen LogP contribution < -0.4 is 15.4 Å². The molecule has 1 aliphatic heterocycles. The predicted molar refractivity (Wildman–Crippen MR) is 124 cm³/mol. The summed E-state index contributed by atoms with van der Waals surface area (Å²) in [5.74, 6) is 0.622. The van der Waals surface area contributed by atoms with Crippen molar-refractivity contribution in [2.75, 3.05) is 18.5 Å². The first-order valence-corrected chi connectivity index (χ1v) is 11.3. The van der Waals surface area contributed by atoms with Gasteiger partial charge in [-0.05, 0) is 51.3 Å². The maximum Gasteiger partial charge on any atom is 0.255 e. The molecule has 3 aromatic rings. The predicted octanol–water partition coefficient (Wildman–Crippen LogP) is 3.76. The van der Waals surface area contributed by atoms with Gasteiger partial charge in [-0.25, -0.2) is 9.67 Å². The van der Waals surface area contributed by atoms with Crippen LogP contribution in [0.3, 0.4) is 0 Å². The highest BCUT2D eigenvalue weighted by Crippen LogP contribution is 2.28. The average Bonchev–Trinajstić information content (AvgIpc) is 3.22. The van der Waals surface area contributed by atoms with Crippen molar-refractivity contribution >= 4 is 22.6 Å². The molecule has 0 atom stereocenters. The molecule has 2 N–H and O–H groups in total. The number of amides is 1. The lowest BCUT2D eigenvalue weighted by molar-refractivity contribution is 0.0904. The van der Waals surface area contributed by atoms with E-state index in [1.165, 1.54) is 0 Å². The number of ether oxygens (including phenoxy) is 2. The van der Waals surface area contributed by atoms with Gasteiger partial charge in [0.1, 0.15) is 5.75 Å². The SMILES string of the molecule is CCn1ncc2c(NC3CCOCC3)c(C(=O)NCc3cccc(OC(C)C)c3)cnc21. The van der Waals surface area contributed by atoms with E-state index in [1.54, 1.807) is 12.4 Å². The maximum absolute atomic E-state index is 13.2. The van der Waals surface area contributed by atoms with E-state index in [9.17, 15) is 4.79 Å². The van der Waals surface area contributed by atoms with Crippen molar-refractivity contribution in [3.63, 3.8) is 0 Å². The molecule has 0 saturated carbocycles. The van der Waals surface area contributed by atoms with Gasteiger partial charge in [0.2, 0.25) is 0 Å². The molecule has 170 valence electrons. The van der Waals surface area contributed by atoms with E-state index < -0.39 is 0 Å².